The van der Waals surface area contributed by atoms with Gasteiger partial charge in [0.25, 0.3) is 0 Å². The lowest BCUT2D eigenvalue weighted by molar-refractivity contribution is 0.0331. The molecule has 1 rings (SSSR count). The Morgan fingerprint density at radius 2 is 2.05 bits per heavy atom. The van der Waals surface area contributed by atoms with Gasteiger partial charge < -0.3 is 14.9 Å². The van der Waals surface area contributed by atoms with Crippen molar-refractivity contribution in [2.24, 2.45) is 0 Å². The number of aromatic hydroxyl groups is 2. The van der Waals surface area contributed by atoms with Gasteiger partial charge in [0.05, 0.1) is 6.10 Å². The smallest absolute Gasteiger partial charge is 0.342 e. The molecule has 1 atom stereocenters. The van der Waals surface area contributed by atoms with Crippen molar-refractivity contribution >= 4 is 12.0 Å². The molecule has 0 aliphatic rings. The number of carbonyl (C=O) groups is 1. The van der Waals surface area contributed by atoms with E-state index in [9.17, 15) is 15.0 Å². The van der Waals surface area contributed by atoms with Crippen LogP contribution >= 0.6 is 0 Å². The molecule has 104 valence electrons. The van der Waals surface area contributed by atoms with Gasteiger partial charge in [0.1, 0.15) is 17.1 Å². The number of hydrogen-bond acceptors (Lipinski definition) is 4. The first-order valence-corrected chi connectivity index (χ1v) is 6.43. The van der Waals surface area contributed by atoms with E-state index in [4.69, 9.17) is 4.74 Å². The molecule has 4 nitrogen and oxygen atoms in total. The number of esters is 1. The molecule has 19 heavy (non-hydrogen) atoms. The summed E-state index contributed by atoms with van der Waals surface area (Å²) in [6.45, 7) is 5.65. The lowest BCUT2D eigenvalue weighted by atomic mass is 10.0. The van der Waals surface area contributed by atoms with Gasteiger partial charge in [0, 0.05) is 6.07 Å². The first-order valence-electron chi connectivity index (χ1n) is 6.43. The topological polar surface area (TPSA) is 66.8 Å². The normalized spacial score (nSPS) is 12.6. The summed E-state index contributed by atoms with van der Waals surface area (Å²) in [7, 11) is 0. The fourth-order valence-electron chi connectivity index (χ4n) is 1.56. The van der Waals surface area contributed by atoms with Crippen molar-refractivity contribution in [3.63, 3.8) is 0 Å². The quantitative estimate of drug-likeness (QED) is 0.799. The number of phenolic OH excluding ortho intramolecular Hbond substituents is 2. The molecular weight excluding hydrogens is 244 g/mol. The molecule has 0 saturated carbocycles. The van der Waals surface area contributed by atoms with E-state index in [2.05, 4.69) is 0 Å². The third-order valence-electron chi connectivity index (χ3n) is 2.75. The molecule has 1 aromatic carbocycles. The van der Waals surface area contributed by atoms with Crippen LogP contribution in [0.1, 0.15) is 49.5 Å². The van der Waals surface area contributed by atoms with Gasteiger partial charge in [-0.1, -0.05) is 26.0 Å². The highest BCUT2D eigenvalue weighted by Gasteiger charge is 2.19. The van der Waals surface area contributed by atoms with Gasteiger partial charge >= 0.3 is 5.97 Å². The minimum Gasteiger partial charge on any atom is -0.508 e. The first-order chi connectivity index (χ1) is 8.99. The molecule has 0 bridgehead atoms. The summed E-state index contributed by atoms with van der Waals surface area (Å²) in [5.41, 5.74) is 0.537. The minimum absolute atomic E-state index is 0.0859. The second-order valence-electron chi connectivity index (χ2n) is 4.36. The number of rotatable bonds is 5. The second-order valence-corrected chi connectivity index (χ2v) is 4.36. The summed E-state index contributed by atoms with van der Waals surface area (Å²) in [6, 6.07) is 2.57. The molecule has 0 aliphatic heterocycles. The maximum absolute atomic E-state index is 12.0. The van der Waals surface area contributed by atoms with Gasteiger partial charge in [0.2, 0.25) is 0 Å². The Labute approximate surface area is 113 Å². The molecular formula is C15H20O4. The number of ether oxygens (including phenoxy) is 1. The summed E-state index contributed by atoms with van der Waals surface area (Å²) < 4.78 is 5.21. The zero-order valence-corrected chi connectivity index (χ0v) is 11.5. The fourth-order valence-corrected chi connectivity index (χ4v) is 1.56. The summed E-state index contributed by atoms with van der Waals surface area (Å²) in [6.07, 6.45) is 4.80. The molecule has 0 fully saturated rings. The third-order valence-corrected chi connectivity index (χ3v) is 2.75. The molecule has 0 heterocycles. The van der Waals surface area contributed by atoms with Crippen molar-refractivity contribution in [3.05, 3.63) is 29.3 Å². The summed E-state index contributed by atoms with van der Waals surface area (Å²) in [4.78, 5) is 12.0. The van der Waals surface area contributed by atoms with Gasteiger partial charge in [-0.2, -0.15) is 0 Å². The molecule has 2 N–H and O–H groups in total. The third kappa shape index (κ3) is 4.02. The molecule has 1 aromatic rings. The fraction of sp³-hybridized carbons (Fsp3) is 0.400. The monoisotopic (exact) mass is 264 g/mol. The molecule has 0 amide bonds. The van der Waals surface area contributed by atoms with Gasteiger partial charge in [-0.25, -0.2) is 4.79 Å². The van der Waals surface area contributed by atoms with Crippen molar-refractivity contribution in [1.29, 1.82) is 0 Å². The van der Waals surface area contributed by atoms with Crippen LogP contribution in [-0.4, -0.2) is 22.3 Å². The molecule has 1 unspecified atom stereocenters. The standard InChI is InChI=1S/C15H20O4/c1-4-6-7-11-8-12(16)9-13(17)14(11)15(18)19-10(3)5-2/h6-10,16-17H,4-5H2,1-3H3/b7-6+. The average Bonchev–Trinajstić information content (AvgIpc) is 2.34. The van der Waals surface area contributed by atoms with E-state index in [1.54, 1.807) is 13.0 Å². The number of benzene rings is 1. The van der Waals surface area contributed by atoms with Gasteiger partial charge in [-0.15, -0.1) is 0 Å². The predicted molar refractivity (Wildman–Crippen MR) is 74.3 cm³/mol. The van der Waals surface area contributed by atoms with E-state index in [0.29, 0.717) is 12.0 Å². The Balaban J connectivity index is 3.16. The first kappa shape index (κ1) is 15.1. The van der Waals surface area contributed by atoms with Crippen LogP contribution in [0, 0.1) is 0 Å². The summed E-state index contributed by atoms with van der Waals surface area (Å²) >= 11 is 0. The highest BCUT2D eigenvalue weighted by Crippen LogP contribution is 2.29. The second kappa shape index (κ2) is 6.83. The van der Waals surface area contributed by atoms with Crippen LogP contribution in [0.15, 0.2) is 18.2 Å². The maximum atomic E-state index is 12.0. The molecule has 0 aliphatic carbocycles. The van der Waals surface area contributed by atoms with Gasteiger partial charge in [-0.05, 0) is 31.4 Å². The Morgan fingerprint density at radius 3 is 2.63 bits per heavy atom. The largest absolute Gasteiger partial charge is 0.508 e. The molecule has 0 aromatic heterocycles. The maximum Gasteiger partial charge on any atom is 0.342 e. The highest BCUT2D eigenvalue weighted by atomic mass is 16.5. The van der Waals surface area contributed by atoms with Crippen LogP contribution in [-0.2, 0) is 4.74 Å². The molecule has 0 radical (unpaired) electrons. The zero-order valence-electron chi connectivity index (χ0n) is 11.5. The van der Waals surface area contributed by atoms with Crippen molar-refractivity contribution < 1.29 is 19.7 Å². The van der Waals surface area contributed by atoms with E-state index in [1.807, 2.05) is 19.9 Å². The van der Waals surface area contributed by atoms with Crippen LogP contribution in [0.2, 0.25) is 0 Å². The van der Waals surface area contributed by atoms with Crippen molar-refractivity contribution in [1.82, 2.24) is 0 Å². The molecule has 4 heteroatoms. The number of phenols is 2. The lowest BCUT2D eigenvalue weighted by Crippen LogP contribution is -2.15. The summed E-state index contributed by atoms with van der Waals surface area (Å²) in [5.74, 6) is -0.944. The van der Waals surface area contributed by atoms with E-state index >= 15 is 0 Å². The van der Waals surface area contributed by atoms with E-state index < -0.39 is 5.97 Å². The van der Waals surface area contributed by atoms with Gasteiger partial charge in [-0.3, -0.25) is 0 Å². The average molecular weight is 264 g/mol. The van der Waals surface area contributed by atoms with Gasteiger partial charge in [0.15, 0.2) is 0 Å². The Bertz CT molecular complexity index is 477. The number of allylic oxidation sites excluding steroid dienone is 1. The van der Waals surface area contributed by atoms with E-state index in [1.165, 1.54) is 6.07 Å². The van der Waals surface area contributed by atoms with E-state index in [0.717, 1.165) is 12.5 Å². The SMILES string of the molecule is CC/C=C/c1cc(O)cc(O)c1C(=O)OC(C)CC. The highest BCUT2D eigenvalue weighted by molar-refractivity contribution is 5.97. The Morgan fingerprint density at radius 1 is 1.37 bits per heavy atom. The number of carbonyl (C=O) groups excluding carboxylic acids is 1. The Hall–Kier alpha value is -1.97. The molecule has 0 spiro atoms. The van der Waals surface area contributed by atoms with E-state index in [-0.39, 0.29) is 23.2 Å². The van der Waals surface area contributed by atoms with Crippen molar-refractivity contribution in [3.8, 4) is 11.5 Å². The summed E-state index contributed by atoms with van der Waals surface area (Å²) in [5, 5.41) is 19.3. The van der Waals surface area contributed by atoms with Crippen molar-refractivity contribution in [2.45, 2.75) is 39.7 Å². The lowest BCUT2D eigenvalue weighted by Gasteiger charge is -2.13. The zero-order chi connectivity index (χ0) is 14.4. The van der Waals surface area contributed by atoms with Crippen LogP contribution in [0.5, 0.6) is 11.5 Å². The minimum atomic E-state index is -0.581. The van der Waals surface area contributed by atoms with Crippen LogP contribution in [0.4, 0.5) is 0 Å². The van der Waals surface area contributed by atoms with Crippen LogP contribution in [0.25, 0.3) is 6.08 Å². The van der Waals surface area contributed by atoms with Crippen LogP contribution in [0.3, 0.4) is 0 Å². The van der Waals surface area contributed by atoms with Crippen molar-refractivity contribution in [2.75, 3.05) is 0 Å². The molecule has 0 saturated heterocycles. The Kier molecular flexibility index (Phi) is 5.42. The van der Waals surface area contributed by atoms with Crippen LogP contribution < -0.4 is 0 Å². The predicted octanol–water partition coefficient (Wildman–Crippen LogP) is 3.48. The number of hydrogen-bond donors (Lipinski definition) is 2.